The third-order valence-electron chi connectivity index (χ3n) is 2.96. The number of amides is 1. The first-order valence-electron chi connectivity index (χ1n) is 4.67. The smallest absolute Gasteiger partial charge is 0.223 e. The predicted molar refractivity (Wildman–Crippen MR) is 44.8 cm³/mol. The third kappa shape index (κ3) is 0.959. The molecule has 2 aliphatic rings. The van der Waals surface area contributed by atoms with Crippen molar-refractivity contribution >= 4 is 5.91 Å². The lowest BCUT2D eigenvalue weighted by atomic mass is 9.84. The van der Waals surface area contributed by atoms with E-state index in [1.54, 1.807) is 0 Å². The van der Waals surface area contributed by atoms with Crippen molar-refractivity contribution in [1.82, 2.24) is 4.90 Å². The number of likely N-dealkylation sites (N-methyl/N-ethyl adjacent to an activating group) is 1. The topological polar surface area (TPSA) is 29.5 Å². The fraction of sp³-hybridized carbons (Fsp3) is 0.889. The number of likely N-dealkylation sites (tertiary alicyclic amines) is 1. The van der Waals surface area contributed by atoms with Crippen molar-refractivity contribution in [2.24, 2.45) is 0 Å². The average Bonchev–Trinajstić information content (AvgIpc) is 2.01. The normalized spacial score (nSPS) is 27.4. The molecule has 3 nitrogen and oxygen atoms in total. The van der Waals surface area contributed by atoms with Crippen LogP contribution in [0.1, 0.15) is 26.2 Å². The lowest BCUT2D eigenvalue weighted by Gasteiger charge is -2.52. The van der Waals surface area contributed by atoms with Gasteiger partial charge >= 0.3 is 0 Å². The molecule has 0 aliphatic carbocycles. The van der Waals surface area contributed by atoms with E-state index >= 15 is 0 Å². The van der Waals surface area contributed by atoms with E-state index in [1.807, 2.05) is 11.8 Å². The van der Waals surface area contributed by atoms with Crippen LogP contribution in [0.5, 0.6) is 0 Å². The van der Waals surface area contributed by atoms with E-state index in [1.165, 1.54) is 0 Å². The minimum absolute atomic E-state index is 0.101. The molecule has 2 aliphatic heterocycles. The zero-order valence-electron chi connectivity index (χ0n) is 7.51. The van der Waals surface area contributed by atoms with E-state index in [9.17, 15) is 4.79 Å². The Labute approximate surface area is 72.7 Å². The number of ether oxygens (including phenoxy) is 1. The Morgan fingerprint density at radius 1 is 1.58 bits per heavy atom. The summed E-state index contributed by atoms with van der Waals surface area (Å²) in [6, 6.07) is 0. The first-order valence-corrected chi connectivity index (χ1v) is 4.67. The van der Waals surface area contributed by atoms with Gasteiger partial charge in [-0.3, -0.25) is 4.79 Å². The van der Waals surface area contributed by atoms with Crippen molar-refractivity contribution in [2.45, 2.75) is 31.7 Å². The van der Waals surface area contributed by atoms with Crippen molar-refractivity contribution < 1.29 is 9.53 Å². The molecule has 68 valence electrons. The maximum atomic E-state index is 11.5. The second-order valence-corrected chi connectivity index (χ2v) is 3.71. The maximum Gasteiger partial charge on any atom is 0.223 e. The first kappa shape index (κ1) is 8.05. The molecule has 0 bridgehead atoms. The third-order valence-corrected chi connectivity index (χ3v) is 2.96. The fourth-order valence-corrected chi connectivity index (χ4v) is 2.25. The second kappa shape index (κ2) is 2.73. The summed E-state index contributed by atoms with van der Waals surface area (Å²) in [4.78, 5) is 13.5. The predicted octanol–water partition coefficient (Wildman–Crippen LogP) is 0.788. The number of carbonyl (C=O) groups is 1. The van der Waals surface area contributed by atoms with Gasteiger partial charge in [0, 0.05) is 13.0 Å². The Hall–Kier alpha value is -0.570. The Morgan fingerprint density at radius 2 is 2.33 bits per heavy atom. The highest BCUT2D eigenvalue weighted by Gasteiger charge is 2.47. The van der Waals surface area contributed by atoms with E-state index in [2.05, 4.69) is 0 Å². The molecule has 0 atom stereocenters. The molecule has 0 N–H and O–H groups in total. The van der Waals surface area contributed by atoms with Gasteiger partial charge in [-0.25, -0.2) is 0 Å². The number of piperidine rings is 1. The highest BCUT2D eigenvalue weighted by Crippen LogP contribution is 2.34. The first-order chi connectivity index (χ1) is 5.78. The van der Waals surface area contributed by atoms with Crippen LogP contribution in [0.3, 0.4) is 0 Å². The Kier molecular flexibility index (Phi) is 1.83. The van der Waals surface area contributed by atoms with Crippen LogP contribution in [0, 0.1) is 0 Å². The standard InChI is InChI=1S/C9H15NO2/c1-2-10-8(11)4-3-5-9(10)6-12-7-9/h2-7H2,1H3. The van der Waals surface area contributed by atoms with Crippen LogP contribution in [0.15, 0.2) is 0 Å². The molecule has 2 heterocycles. The maximum absolute atomic E-state index is 11.5. The SMILES string of the molecule is CCN1C(=O)CCCC12COC2. The van der Waals surface area contributed by atoms with Crippen LogP contribution in [0.2, 0.25) is 0 Å². The molecule has 0 aromatic heterocycles. The summed E-state index contributed by atoms with van der Waals surface area (Å²) in [6.07, 6.45) is 2.90. The van der Waals surface area contributed by atoms with Gasteiger partial charge in [-0.1, -0.05) is 0 Å². The zero-order valence-corrected chi connectivity index (χ0v) is 7.51. The highest BCUT2D eigenvalue weighted by atomic mass is 16.5. The minimum atomic E-state index is 0.101. The van der Waals surface area contributed by atoms with Gasteiger partial charge in [0.1, 0.15) is 0 Å². The number of hydrogen-bond acceptors (Lipinski definition) is 2. The van der Waals surface area contributed by atoms with Gasteiger partial charge in [-0.15, -0.1) is 0 Å². The van der Waals surface area contributed by atoms with Gasteiger partial charge in [-0.2, -0.15) is 0 Å². The van der Waals surface area contributed by atoms with Crippen molar-refractivity contribution in [3.8, 4) is 0 Å². The number of rotatable bonds is 1. The Morgan fingerprint density at radius 3 is 2.75 bits per heavy atom. The van der Waals surface area contributed by atoms with Crippen molar-refractivity contribution in [3.05, 3.63) is 0 Å². The molecular formula is C9H15NO2. The summed E-state index contributed by atoms with van der Waals surface area (Å²) in [5.74, 6) is 0.312. The van der Waals surface area contributed by atoms with E-state index < -0.39 is 0 Å². The summed E-state index contributed by atoms with van der Waals surface area (Å²) in [7, 11) is 0. The molecule has 2 fully saturated rings. The van der Waals surface area contributed by atoms with E-state index in [0.717, 1.165) is 39.0 Å². The molecule has 3 heteroatoms. The minimum Gasteiger partial charge on any atom is -0.376 e. The molecule has 1 spiro atoms. The molecule has 1 amide bonds. The monoisotopic (exact) mass is 169 g/mol. The molecule has 0 radical (unpaired) electrons. The van der Waals surface area contributed by atoms with Crippen LogP contribution >= 0.6 is 0 Å². The van der Waals surface area contributed by atoms with Gasteiger partial charge in [-0.05, 0) is 19.8 Å². The Balaban J connectivity index is 2.14. The van der Waals surface area contributed by atoms with Crippen molar-refractivity contribution in [3.63, 3.8) is 0 Å². The lowest BCUT2D eigenvalue weighted by molar-refractivity contribution is -0.176. The summed E-state index contributed by atoms with van der Waals surface area (Å²) in [6.45, 7) is 4.39. The molecule has 0 aromatic carbocycles. The molecule has 0 aromatic rings. The zero-order chi connectivity index (χ0) is 8.60. The molecule has 0 unspecified atom stereocenters. The summed E-state index contributed by atoms with van der Waals surface area (Å²) in [5.41, 5.74) is 0.101. The van der Waals surface area contributed by atoms with Gasteiger partial charge in [0.05, 0.1) is 18.8 Å². The second-order valence-electron chi connectivity index (χ2n) is 3.71. The summed E-state index contributed by atoms with van der Waals surface area (Å²) >= 11 is 0. The van der Waals surface area contributed by atoms with E-state index in [-0.39, 0.29) is 5.54 Å². The molecule has 12 heavy (non-hydrogen) atoms. The number of carbonyl (C=O) groups excluding carboxylic acids is 1. The number of hydrogen-bond donors (Lipinski definition) is 0. The largest absolute Gasteiger partial charge is 0.376 e. The van der Waals surface area contributed by atoms with Gasteiger partial charge in [0.25, 0.3) is 0 Å². The molecule has 2 saturated heterocycles. The average molecular weight is 169 g/mol. The highest BCUT2D eigenvalue weighted by molar-refractivity contribution is 5.78. The van der Waals surface area contributed by atoms with Crippen LogP contribution in [-0.2, 0) is 9.53 Å². The quantitative estimate of drug-likeness (QED) is 0.580. The van der Waals surface area contributed by atoms with Crippen LogP contribution in [0.25, 0.3) is 0 Å². The van der Waals surface area contributed by atoms with Crippen LogP contribution < -0.4 is 0 Å². The lowest BCUT2D eigenvalue weighted by Crippen LogP contribution is -2.65. The molecule has 0 saturated carbocycles. The summed E-state index contributed by atoms with van der Waals surface area (Å²) < 4.78 is 5.20. The fourth-order valence-electron chi connectivity index (χ4n) is 2.25. The van der Waals surface area contributed by atoms with E-state index in [0.29, 0.717) is 5.91 Å². The summed E-state index contributed by atoms with van der Waals surface area (Å²) in [5, 5.41) is 0. The molecule has 2 rings (SSSR count). The van der Waals surface area contributed by atoms with Crippen molar-refractivity contribution in [2.75, 3.05) is 19.8 Å². The van der Waals surface area contributed by atoms with Gasteiger partial charge < -0.3 is 9.64 Å². The van der Waals surface area contributed by atoms with Crippen LogP contribution in [-0.4, -0.2) is 36.1 Å². The van der Waals surface area contributed by atoms with Crippen LogP contribution in [0.4, 0.5) is 0 Å². The van der Waals surface area contributed by atoms with Crippen molar-refractivity contribution in [1.29, 1.82) is 0 Å². The number of nitrogens with zero attached hydrogens (tertiary/aromatic N) is 1. The van der Waals surface area contributed by atoms with Gasteiger partial charge in [0.2, 0.25) is 5.91 Å². The Bertz CT molecular complexity index is 199. The molecular weight excluding hydrogens is 154 g/mol. The van der Waals surface area contributed by atoms with Gasteiger partial charge in [0.15, 0.2) is 0 Å². The van der Waals surface area contributed by atoms with E-state index in [4.69, 9.17) is 4.74 Å².